The summed E-state index contributed by atoms with van der Waals surface area (Å²) >= 11 is 0. The van der Waals surface area contributed by atoms with Crippen LogP contribution in [0.4, 0.5) is 0 Å². The number of rotatable bonds is 5. The Balaban J connectivity index is 0.00000300. The third kappa shape index (κ3) is 6.17. The van der Waals surface area contributed by atoms with Gasteiger partial charge in [-0.3, -0.25) is 9.67 Å². The molecule has 0 spiro atoms. The summed E-state index contributed by atoms with van der Waals surface area (Å²) in [4.78, 5) is 18.1. The van der Waals surface area contributed by atoms with Crippen molar-refractivity contribution in [2.45, 2.75) is 12.5 Å². The summed E-state index contributed by atoms with van der Waals surface area (Å²) in [6, 6.07) is 7.47. The highest BCUT2D eigenvalue weighted by atomic mass is 127. The van der Waals surface area contributed by atoms with Crippen molar-refractivity contribution >= 4 is 35.9 Å². The molecule has 2 aromatic rings. The van der Waals surface area contributed by atoms with E-state index in [1.807, 2.05) is 31.6 Å². The number of carbonyl (C=O) groups excluding carboxylic acids is 1. The Morgan fingerprint density at radius 1 is 1.38 bits per heavy atom. The normalized spacial score (nSPS) is 16.9. The van der Waals surface area contributed by atoms with Crippen LogP contribution in [0, 0.1) is 0 Å². The number of aryl methyl sites for hydroxylation is 1. The molecule has 0 aliphatic carbocycles. The minimum atomic E-state index is -0.319. The molecule has 1 atom stereocenters. The molecule has 0 radical (unpaired) electrons. The van der Waals surface area contributed by atoms with Gasteiger partial charge in [0.15, 0.2) is 5.96 Å². The van der Waals surface area contributed by atoms with Crippen molar-refractivity contribution < 1.29 is 14.3 Å². The Morgan fingerprint density at radius 2 is 2.14 bits per heavy atom. The molecule has 2 heterocycles. The van der Waals surface area contributed by atoms with Gasteiger partial charge in [-0.15, -0.1) is 24.0 Å². The molecule has 0 amide bonds. The quantitative estimate of drug-likeness (QED) is 0.285. The number of hydrogen-bond donors (Lipinski definition) is 1. The summed E-state index contributed by atoms with van der Waals surface area (Å²) in [5.74, 6) is 0.545. The minimum absolute atomic E-state index is 0. The van der Waals surface area contributed by atoms with Crippen molar-refractivity contribution in [3.05, 3.63) is 53.3 Å². The molecule has 1 fully saturated rings. The number of hydrogen-bond acceptors (Lipinski definition) is 5. The molecule has 1 aromatic heterocycles. The largest absolute Gasteiger partial charge is 0.465 e. The van der Waals surface area contributed by atoms with Crippen LogP contribution in [-0.4, -0.2) is 67.0 Å². The standard InChI is InChI=1S/C20H27N5O3.HI/c1-21-20(22-9-8-15-4-6-16(7-5-15)19(26)27-3)25-10-11-28-18(14-25)17-12-23-24(2)13-17;/h4-7,12-13,18H,8-11,14H2,1-3H3,(H,21,22);1H. The second-order valence-electron chi connectivity index (χ2n) is 6.67. The second kappa shape index (κ2) is 11.1. The van der Waals surface area contributed by atoms with E-state index in [0.29, 0.717) is 12.2 Å². The van der Waals surface area contributed by atoms with Gasteiger partial charge in [-0.2, -0.15) is 5.10 Å². The van der Waals surface area contributed by atoms with E-state index in [1.165, 1.54) is 7.11 Å². The summed E-state index contributed by atoms with van der Waals surface area (Å²) < 4.78 is 12.4. The van der Waals surface area contributed by atoms with Crippen LogP contribution in [0.15, 0.2) is 41.7 Å². The molecule has 1 N–H and O–H groups in total. The van der Waals surface area contributed by atoms with Crippen molar-refractivity contribution in [3.63, 3.8) is 0 Å². The number of aliphatic imine (C=N–C) groups is 1. The van der Waals surface area contributed by atoms with E-state index >= 15 is 0 Å². The molecule has 8 nitrogen and oxygen atoms in total. The first-order valence-corrected chi connectivity index (χ1v) is 9.33. The average Bonchev–Trinajstić information content (AvgIpc) is 3.17. The molecule has 1 unspecified atom stereocenters. The fourth-order valence-electron chi connectivity index (χ4n) is 3.23. The molecule has 29 heavy (non-hydrogen) atoms. The molecule has 0 bridgehead atoms. The fourth-order valence-corrected chi connectivity index (χ4v) is 3.23. The number of aromatic nitrogens is 2. The molecular formula is C20H28IN5O3. The van der Waals surface area contributed by atoms with E-state index in [4.69, 9.17) is 9.47 Å². The number of halogens is 1. The van der Waals surface area contributed by atoms with Crippen molar-refractivity contribution in [2.75, 3.05) is 40.4 Å². The maximum Gasteiger partial charge on any atom is 0.337 e. The van der Waals surface area contributed by atoms with E-state index in [0.717, 1.165) is 43.1 Å². The van der Waals surface area contributed by atoms with Crippen LogP contribution in [0.1, 0.15) is 27.6 Å². The predicted molar refractivity (Wildman–Crippen MR) is 122 cm³/mol. The van der Waals surface area contributed by atoms with Crippen molar-refractivity contribution in [1.82, 2.24) is 20.0 Å². The monoisotopic (exact) mass is 513 g/mol. The van der Waals surface area contributed by atoms with Crippen LogP contribution >= 0.6 is 24.0 Å². The first-order valence-electron chi connectivity index (χ1n) is 9.33. The van der Waals surface area contributed by atoms with Gasteiger partial charge in [0.1, 0.15) is 6.10 Å². The molecule has 9 heteroatoms. The van der Waals surface area contributed by atoms with Gasteiger partial charge in [-0.1, -0.05) is 12.1 Å². The molecule has 1 aliphatic rings. The van der Waals surface area contributed by atoms with Gasteiger partial charge in [-0.05, 0) is 24.1 Å². The molecular weight excluding hydrogens is 485 g/mol. The number of guanidine groups is 1. The van der Waals surface area contributed by atoms with E-state index < -0.39 is 0 Å². The van der Waals surface area contributed by atoms with E-state index in [-0.39, 0.29) is 36.0 Å². The predicted octanol–water partition coefficient (Wildman–Crippen LogP) is 2.02. The molecule has 158 valence electrons. The van der Waals surface area contributed by atoms with E-state index in [2.05, 4.69) is 20.3 Å². The number of morpholine rings is 1. The lowest BCUT2D eigenvalue weighted by atomic mass is 10.1. The number of nitrogens with zero attached hydrogens (tertiary/aromatic N) is 4. The number of methoxy groups -OCH3 is 1. The maximum atomic E-state index is 11.5. The van der Waals surface area contributed by atoms with Crippen molar-refractivity contribution in [1.29, 1.82) is 0 Å². The average molecular weight is 513 g/mol. The molecule has 0 saturated carbocycles. The Hall–Kier alpha value is -2.14. The van der Waals surface area contributed by atoms with E-state index in [9.17, 15) is 4.79 Å². The fraction of sp³-hybridized carbons (Fsp3) is 0.450. The molecule has 3 rings (SSSR count). The zero-order chi connectivity index (χ0) is 19.9. The second-order valence-corrected chi connectivity index (χ2v) is 6.67. The number of ether oxygens (including phenoxy) is 2. The van der Waals surface area contributed by atoms with Crippen LogP contribution in [0.25, 0.3) is 0 Å². The highest BCUT2D eigenvalue weighted by molar-refractivity contribution is 14.0. The van der Waals surface area contributed by atoms with Crippen LogP contribution in [0.3, 0.4) is 0 Å². The Morgan fingerprint density at radius 3 is 2.76 bits per heavy atom. The van der Waals surface area contributed by atoms with Gasteiger partial charge in [-0.25, -0.2) is 4.79 Å². The highest BCUT2D eigenvalue weighted by Gasteiger charge is 2.25. The summed E-state index contributed by atoms with van der Waals surface area (Å²) in [6.45, 7) is 2.93. The Kier molecular flexibility index (Phi) is 8.90. The first kappa shape index (κ1) is 23.1. The van der Waals surface area contributed by atoms with Crippen LogP contribution in [0.5, 0.6) is 0 Å². The number of carbonyl (C=O) groups is 1. The van der Waals surface area contributed by atoms with Gasteiger partial charge in [0.05, 0.1) is 32.0 Å². The topological polar surface area (TPSA) is 81.0 Å². The number of esters is 1. The zero-order valence-corrected chi connectivity index (χ0v) is 19.3. The summed E-state index contributed by atoms with van der Waals surface area (Å²) in [7, 11) is 5.08. The number of nitrogens with one attached hydrogen (secondary N) is 1. The molecule has 1 aliphatic heterocycles. The van der Waals surface area contributed by atoms with Gasteiger partial charge in [0.2, 0.25) is 0 Å². The summed E-state index contributed by atoms with van der Waals surface area (Å²) in [5, 5.41) is 7.65. The smallest absolute Gasteiger partial charge is 0.337 e. The maximum absolute atomic E-state index is 11.5. The Bertz CT molecular complexity index is 822. The lowest BCUT2D eigenvalue weighted by Gasteiger charge is -2.34. The third-order valence-electron chi connectivity index (χ3n) is 4.75. The van der Waals surface area contributed by atoms with Crippen LogP contribution in [0.2, 0.25) is 0 Å². The van der Waals surface area contributed by atoms with Gasteiger partial charge < -0.3 is 19.7 Å². The highest BCUT2D eigenvalue weighted by Crippen LogP contribution is 2.21. The first-order chi connectivity index (χ1) is 13.6. The molecule has 1 aromatic carbocycles. The summed E-state index contributed by atoms with van der Waals surface area (Å²) in [6.07, 6.45) is 4.66. The van der Waals surface area contributed by atoms with Crippen LogP contribution < -0.4 is 5.32 Å². The number of benzene rings is 1. The molecule has 1 saturated heterocycles. The Labute approximate surface area is 188 Å². The lowest BCUT2D eigenvalue weighted by molar-refractivity contribution is -0.00801. The third-order valence-corrected chi connectivity index (χ3v) is 4.75. The van der Waals surface area contributed by atoms with Crippen molar-refractivity contribution in [2.24, 2.45) is 12.0 Å². The van der Waals surface area contributed by atoms with Gasteiger partial charge >= 0.3 is 5.97 Å². The SMILES string of the molecule is CN=C(NCCc1ccc(C(=O)OC)cc1)N1CCOC(c2cnn(C)c2)C1.I. The van der Waals surface area contributed by atoms with Crippen molar-refractivity contribution in [3.8, 4) is 0 Å². The van der Waals surface area contributed by atoms with Gasteiger partial charge in [0.25, 0.3) is 0 Å². The minimum Gasteiger partial charge on any atom is -0.465 e. The zero-order valence-electron chi connectivity index (χ0n) is 17.0. The van der Waals surface area contributed by atoms with E-state index in [1.54, 1.807) is 23.9 Å². The summed E-state index contributed by atoms with van der Waals surface area (Å²) in [5.41, 5.74) is 2.78. The van der Waals surface area contributed by atoms with Gasteiger partial charge in [0, 0.05) is 38.9 Å². The lowest BCUT2D eigenvalue weighted by Crippen LogP contribution is -2.48. The van der Waals surface area contributed by atoms with Crippen LogP contribution in [-0.2, 0) is 22.9 Å².